The van der Waals surface area contributed by atoms with Crippen molar-refractivity contribution < 1.29 is 42.5 Å². The summed E-state index contributed by atoms with van der Waals surface area (Å²) < 4.78 is 34.5. The maximum absolute atomic E-state index is 11.7. The summed E-state index contributed by atoms with van der Waals surface area (Å²) in [5.74, 6) is 1.67. The van der Waals surface area contributed by atoms with Gasteiger partial charge in [0.1, 0.15) is 22.8 Å². The SMILES string of the molecule is C#CC(=O)NCc1ccc2nc(N)c3nc(CCCC)n(Cc4cc(OP(=O)(O)O)ccc4OP(=O)(O)O)c3c2c1. The van der Waals surface area contributed by atoms with Gasteiger partial charge in [0, 0.05) is 23.9 Å². The third kappa shape index (κ3) is 7.42. The average Bonchev–Trinajstić information content (AvgIpc) is 3.25. The van der Waals surface area contributed by atoms with Crippen LogP contribution in [0.25, 0.3) is 21.9 Å². The van der Waals surface area contributed by atoms with E-state index in [2.05, 4.69) is 10.3 Å². The minimum absolute atomic E-state index is 0.0974. The number of carbonyl (C=O) groups is 1. The van der Waals surface area contributed by atoms with Gasteiger partial charge in [-0.15, -0.1) is 6.42 Å². The Morgan fingerprint density at radius 1 is 1.10 bits per heavy atom. The molecule has 0 bridgehead atoms. The first-order valence-electron chi connectivity index (χ1n) is 12.2. The number of anilines is 1. The van der Waals surface area contributed by atoms with Crippen molar-refractivity contribution in [2.75, 3.05) is 5.73 Å². The Morgan fingerprint density at radius 2 is 1.83 bits per heavy atom. The summed E-state index contributed by atoms with van der Waals surface area (Å²) >= 11 is 0. The first-order chi connectivity index (χ1) is 19.3. The number of hydrogen-bond acceptors (Lipinski definition) is 8. The number of unbranched alkanes of at least 4 members (excludes halogenated alkanes) is 1. The molecule has 1 amide bonds. The van der Waals surface area contributed by atoms with Crippen molar-refractivity contribution in [3.63, 3.8) is 0 Å². The predicted molar refractivity (Wildman–Crippen MR) is 150 cm³/mol. The lowest BCUT2D eigenvalue weighted by molar-refractivity contribution is -0.115. The number of hydrogen-bond donors (Lipinski definition) is 6. The van der Waals surface area contributed by atoms with Crippen LogP contribution in [-0.2, 0) is 33.4 Å². The molecule has 4 aromatic rings. The lowest BCUT2D eigenvalue weighted by Crippen LogP contribution is -2.20. The molecule has 2 aromatic heterocycles. The standard InChI is InChI=1S/C25H27N5O9P2/c1-3-5-6-21-29-23-24(18-11-15(13-27-22(31)4-2)7-9-19(18)28-25(23)26)30(21)14-16-12-17(38-40(32,33)34)8-10-20(16)39-41(35,36)37/h2,7-12H,3,5-6,13-14H2,1H3,(H2,26,28)(H,27,31)(H2,32,33,34)(H2,35,36,37). The molecule has 216 valence electrons. The van der Waals surface area contributed by atoms with E-state index in [0.717, 1.165) is 25.0 Å². The van der Waals surface area contributed by atoms with E-state index < -0.39 is 21.6 Å². The summed E-state index contributed by atoms with van der Waals surface area (Å²) in [6.45, 7) is 2.05. The van der Waals surface area contributed by atoms with Crippen molar-refractivity contribution in [2.45, 2.75) is 39.3 Å². The van der Waals surface area contributed by atoms with E-state index in [-0.39, 0.29) is 36.0 Å². The van der Waals surface area contributed by atoms with Gasteiger partial charge in [0.05, 0.1) is 17.6 Å². The van der Waals surface area contributed by atoms with E-state index in [4.69, 9.17) is 26.2 Å². The molecule has 7 N–H and O–H groups in total. The van der Waals surface area contributed by atoms with Gasteiger partial charge >= 0.3 is 15.6 Å². The topological polar surface area (TPSA) is 219 Å². The van der Waals surface area contributed by atoms with E-state index in [1.54, 1.807) is 22.8 Å². The number of nitrogens with one attached hydrogen (secondary N) is 1. The van der Waals surface area contributed by atoms with Crippen molar-refractivity contribution in [3.8, 4) is 23.8 Å². The molecule has 0 unspecified atom stereocenters. The highest BCUT2D eigenvalue weighted by molar-refractivity contribution is 7.47. The predicted octanol–water partition coefficient (Wildman–Crippen LogP) is 2.75. The highest BCUT2D eigenvalue weighted by Gasteiger charge is 2.24. The number of aryl methyl sites for hydroxylation is 1. The molecule has 0 spiro atoms. The molecule has 2 aromatic carbocycles. The van der Waals surface area contributed by atoms with Crippen LogP contribution in [0.15, 0.2) is 36.4 Å². The van der Waals surface area contributed by atoms with Crippen molar-refractivity contribution >= 4 is 49.3 Å². The molecule has 0 aliphatic heterocycles. The summed E-state index contributed by atoms with van der Waals surface area (Å²) in [7, 11) is -9.95. The molecule has 0 saturated heterocycles. The smallest absolute Gasteiger partial charge is 0.404 e. The van der Waals surface area contributed by atoms with E-state index in [9.17, 15) is 33.5 Å². The fourth-order valence-corrected chi connectivity index (χ4v) is 5.13. The number of phosphoric acid groups is 2. The zero-order chi connectivity index (χ0) is 29.9. The second kappa shape index (κ2) is 11.9. The number of terminal acetylenes is 1. The van der Waals surface area contributed by atoms with Gasteiger partial charge in [-0.3, -0.25) is 24.4 Å². The van der Waals surface area contributed by atoms with Gasteiger partial charge in [0.15, 0.2) is 5.82 Å². The summed E-state index contributed by atoms with van der Waals surface area (Å²) in [5, 5.41) is 3.23. The molecule has 4 rings (SSSR count). The summed E-state index contributed by atoms with van der Waals surface area (Å²) in [6.07, 6.45) is 7.25. The third-order valence-electron chi connectivity index (χ3n) is 5.99. The average molecular weight is 603 g/mol. The van der Waals surface area contributed by atoms with E-state index in [1.165, 1.54) is 6.07 Å². The minimum atomic E-state index is -5.01. The number of carbonyl (C=O) groups excluding carboxylic acids is 1. The molecule has 2 heterocycles. The van der Waals surface area contributed by atoms with Crippen LogP contribution in [0.3, 0.4) is 0 Å². The number of nitrogen functional groups attached to an aromatic ring is 1. The molecule has 14 nitrogen and oxygen atoms in total. The normalized spacial score (nSPS) is 11.9. The fraction of sp³-hybridized carbons (Fsp3) is 0.240. The molecular formula is C25H27N5O9P2. The zero-order valence-electron chi connectivity index (χ0n) is 21.7. The maximum atomic E-state index is 11.7. The molecule has 0 radical (unpaired) electrons. The zero-order valence-corrected chi connectivity index (χ0v) is 23.5. The number of imidazole rings is 1. The first-order valence-corrected chi connectivity index (χ1v) is 15.3. The number of nitrogens with zero attached hydrogens (tertiary/aromatic N) is 3. The molecule has 0 saturated carbocycles. The van der Waals surface area contributed by atoms with Crippen molar-refractivity contribution in [1.29, 1.82) is 0 Å². The third-order valence-corrected chi connectivity index (χ3v) is 6.87. The van der Waals surface area contributed by atoms with Gasteiger partial charge < -0.3 is 24.7 Å². The number of benzene rings is 2. The maximum Gasteiger partial charge on any atom is 0.524 e. The Balaban J connectivity index is 1.94. The summed E-state index contributed by atoms with van der Waals surface area (Å²) in [6, 6.07) is 8.75. The molecular weight excluding hydrogens is 576 g/mol. The lowest BCUT2D eigenvalue weighted by Gasteiger charge is -2.17. The van der Waals surface area contributed by atoms with Crippen LogP contribution >= 0.6 is 15.6 Å². The quantitative estimate of drug-likeness (QED) is 0.108. The van der Waals surface area contributed by atoms with Gasteiger partial charge in [-0.25, -0.2) is 19.1 Å². The largest absolute Gasteiger partial charge is 0.524 e. The number of phosphoric ester groups is 2. The molecule has 0 aliphatic carbocycles. The summed E-state index contributed by atoms with van der Waals surface area (Å²) in [5.41, 5.74) is 8.59. The Morgan fingerprint density at radius 3 is 2.49 bits per heavy atom. The molecule has 0 atom stereocenters. The Bertz CT molecular complexity index is 1770. The van der Waals surface area contributed by atoms with Crippen molar-refractivity contribution in [2.24, 2.45) is 0 Å². The Hall–Kier alpha value is -3.95. The first kappa shape index (κ1) is 30.0. The molecule has 41 heavy (non-hydrogen) atoms. The number of nitrogens with two attached hydrogens (primary N) is 1. The highest BCUT2D eigenvalue weighted by atomic mass is 31.2. The number of fused-ring (bicyclic) bond motifs is 3. The monoisotopic (exact) mass is 603 g/mol. The second-order valence-electron chi connectivity index (χ2n) is 9.02. The minimum Gasteiger partial charge on any atom is -0.404 e. The Kier molecular flexibility index (Phi) is 8.70. The number of rotatable bonds is 11. The summed E-state index contributed by atoms with van der Waals surface area (Å²) in [4.78, 5) is 58.3. The number of pyridine rings is 1. The molecule has 0 aliphatic rings. The Labute approximate surface area is 234 Å². The van der Waals surface area contributed by atoms with E-state index in [1.807, 2.05) is 12.8 Å². The van der Waals surface area contributed by atoms with E-state index in [0.29, 0.717) is 39.7 Å². The van der Waals surface area contributed by atoms with Crippen LogP contribution < -0.4 is 20.1 Å². The highest BCUT2D eigenvalue weighted by Crippen LogP contribution is 2.43. The van der Waals surface area contributed by atoms with Crippen LogP contribution in [-0.4, -0.2) is 40.0 Å². The van der Waals surface area contributed by atoms with Crippen molar-refractivity contribution in [1.82, 2.24) is 19.9 Å². The van der Waals surface area contributed by atoms with Gasteiger partial charge in [0.25, 0.3) is 5.91 Å². The van der Waals surface area contributed by atoms with Crippen LogP contribution in [0.1, 0.15) is 36.7 Å². The van der Waals surface area contributed by atoms with Gasteiger partial charge in [-0.2, -0.15) is 0 Å². The van der Waals surface area contributed by atoms with E-state index >= 15 is 0 Å². The van der Waals surface area contributed by atoms with Gasteiger partial charge in [-0.1, -0.05) is 19.4 Å². The second-order valence-corrected chi connectivity index (χ2v) is 11.4. The van der Waals surface area contributed by atoms with Crippen LogP contribution in [0.2, 0.25) is 0 Å². The van der Waals surface area contributed by atoms with Gasteiger partial charge in [-0.05, 0) is 48.2 Å². The molecule has 16 heteroatoms. The van der Waals surface area contributed by atoms with Gasteiger partial charge in [0.2, 0.25) is 0 Å². The van der Waals surface area contributed by atoms with Crippen LogP contribution in [0.5, 0.6) is 11.5 Å². The number of aromatic nitrogens is 3. The van der Waals surface area contributed by atoms with Crippen LogP contribution in [0, 0.1) is 12.3 Å². The fourth-order valence-electron chi connectivity index (χ4n) is 4.30. The molecule has 0 fully saturated rings. The lowest BCUT2D eigenvalue weighted by atomic mass is 10.1. The van der Waals surface area contributed by atoms with Crippen LogP contribution in [0.4, 0.5) is 5.82 Å². The number of amides is 1. The van der Waals surface area contributed by atoms with Crippen molar-refractivity contribution in [3.05, 3.63) is 53.3 Å².